The molecule has 2 nitrogen and oxygen atoms in total. The summed E-state index contributed by atoms with van der Waals surface area (Å²) in [6, 6.07) is 17.4. The Balaban J connectivity index is 1.99. The van der Waals surface area contributed by atoms with E-state index in [-0.39, 0.29) is 5.75 Å². The maximum atomic E-state index is 9.77. The van der Waals surface area contributed by atoms with E-state index in [4.69, 9.17) is 11.6 Å². The summed E-state index contributed by atoms with van der Waals surface area (Å²) in [5.41, 5.74) is 6.55. The third-order valence-corrected chi connectivity index (χ3v) is 4.74. The maximum absolute atomic E-state index is 9.77. The summed E-state index contributed by atoms with van der Waals surface area (Å²) < 4.78 is 0. The van der Waals surface area contributed by atoms with Crippen molar-refractivity contribution in [1.82, 2.24) is 4.98 Å². The van der Waals surface area contributed by atoms with Crippen molar-refractivity contribution in [3.63, 3.8) is 0 Å². The van der Waals surface area contributed by atoms with Crippen LogP contribution in [-0.2, 0) is 12.8 Å². The van der Waals surface area contributed by atoms with Crippen molar-refractivity contribution < 1.29 is 5.11 Å². The van der Waals surface area contributed by atoms with Crippen molar-refractivity contribution in [3.05, 3.63) is 93.8 Å². The molecule has 0 saturated carbocycles. The minimum atomic E-state index is 0.260. The van der Waals surface area contributed by atoms with Crippen LogP contribution in [0.3, 0.4) is 0 Å². The van der Waals surface area contributed by atoms with E-state index in [0.717, 1.165) is 51.4 Å². The Morgan fingerprint density at radius 2 is 1.79 bits per heavy atom. The fourth-order valence-corrected chi connectivity index (χ4v) is 3.54. The highest BCUT2D eigenvalue weighted by molar-refractivity contribution is 6.31. The van der Waals surface area contributed by atoms with Crippen LogP contribution in [0.25, 0.3) is 11.6 Å². The summed E-state index contributed by atoms with van der Waals surface area (Å²) in [7, 11) is 0. The molecule has 0 radical (unpaired) electrons. The first-order valence-corrected chi connectivity index (χ1v) is 8.33. The van der Waals surface area contributed by atoms with E-state index in [9.17, 15) is 5.11 Å². The minimum Gasteiger partial charge on any atom is -0.508 e. The second-order valence-electron chi connectivity index (χ2n) is 5.92. The number of rotatable bonds is 1. The summed E-state index contributed by atoms with van der Waals surface area (Å²) in [5, 5.41) is 10.6. The molecule has 0 bridgehead atoms. The van der Waals surface area contributed by atoms with Crippen LogP contribution < -0.4 is 0 Å². The van der Waals surface area contributed by atoms with Crippen molar-refractivity contribution >= 4 is 23.3 Å². The van der Waals surface area contributed by atoms with Crippen molar-refractivity contribution in [3.8, 4) is 5.75 Å². The van der Waals surface area contributed by atoms with Gasteiger partial charge < -0.3 is 5.11 Å². The Labute approximate surface area is 146 Å². The summed E-state index contributed by atoms with van der Waals surface area (Å²) in [6.07, 6.45) is 5.67. The summed E-state index contributed by atoms with van der Waals surface area (Å²) in [6.45, 7) is 0. The third kappa shape index (κ3) is 2.70. The number of phenols is 1. The minimum absolute atomic E-state index is 0.260. The average molecular weight is 334 g/mol. The van der Waals surface area contributed by atoms with E-state index in [0.29, 0.717) is 0 Å². The zero-order valence-electron chi connectivity index (χ0n) is 13.0. The van der Waals surface area contributed by atoms with Gasteiger partial charge in [0.1, 0.15) is 5.75 Å². The first-order chi connectivity index (χ1) is 11.7. The molecule has 1 heterocycles. The number of halogens is 1. The number of aromatic nitrogens is 1. The van der Waals surface area contributed by atoms with Crippen molar-refractivity contribution in [2.24, 2.45) is 0 Å². The molecule has 1 N–H and O–H groups in total. The molecule has 2 aromatic carbocycles. The molecular weight excluding hydrogens is 318 g/mol. The van der Waals surface area contributed by atoms with Crippen LogP contribution in [0.15, 0.2) is 60.8 Å². The largest absolute Gasteiger partial charge is 0.508 e. The molecule has 1 aliphatic rings. The van der Waals surface area contributed by atoms with E-state index in [2.05, 4.69) is 23.2 Å². The molecule has 0 spiro atoms. The van der Waals surface area contributed by atoms with Crippen LogP contribution in [-0.4, -0.2) is 10.1 Å². The lowest BCUT2D eigenvalue weighted by Gasteiger charge is -2.12. The van der Waals surface area contributed by atoms with Gasteiger partial charge in [0.15, 0.2) is 0 Å². The van der Waals surface area contributed by atoms with Crippen LogP contribution >= 0.6 is 11.6 Å². The highest BCUT2D eigenvalue weighted by Gasteiger charge is 2.20. The van der Waals surface area contributed by atoms with Crippen molar-refractivity contribution in [1.29, 1.82) is 0 Å². The molecule has 3 aromatic rings. The molecule has 24 heavy (non-hydrogen) atoms. The van der Waals surface area contributed by atoms with Crippen LogP contribution in [0.2, 0.25) is 5.02 Å². The molecule has 118 valence electrons. The highest BCUT2D eigenvalue weighted by atomic mass is 35.5. The highest BCUT2D eigenvalue weighted by Crippen LogP contribution is 2.37. The normalized spacial score (nSPS) is 14.8. The Morgan fingerprint density at radius 1 is 0.958 bits per heavy atom. The zero-order valence-corrected chi connectivity index (χ0v) is 13.8. The SMILES string of the molecule is Oc1cccc(C=C2c3cccnc3CCc3c(Cl)cccc32)c1. The second kappa shape index (κ2) is 6.14. The Bertz CT molecular complexity index is 946. The number of nitrogens with zero attached hydrogens (tertiary/aromatic N) is 1. The van der Waals surface area contributed by atoms with Gasteiger partial charge in [0.25, 0.3) is 0 Å². The smallest absolute Gasteiger partial charge is 0.116 e. The van der Waals surface area contributed by atoms with E-state index in [1.807, 2.05) is 36.5 Å². The number of hydrogen-bond acceptors (Lipinski definition) is 2. The molecule has 0 unspecified atom stereocenters. The van der Waals surface area contributed by atoms with Crippen LogP contribution in [0.1, 0.15) is 27.9 Å². The molecule has 0 saturated heterocycles. The van der Waals surface area contributed by atoms with Crippen molar-refractivity contribution in [2.45, 2.75) is 12.8 Å². The summed E-state index contributed by atoms with van der Waals surface area (Å²) in [4.78, 5) is 4.57. The van der Waals surface area contributed by atoms with Crippen molar-refractivity contribution in [2.75, 3.05) is 0 Å². The Morgan fingerprint density at radius 3 is 2.67 bits per heavy atom. The quantitative estimate of drug-likeness (QED) is 0.669. The van der Waals surface area contributed by atoms with Gasteiger partial charge >= 0.3 is 0 Å². The van der Waals surface area contributed by atoms with Gasteiger partial charge in [0.2, 0.25) is 0 Å². The number of aryl methyl sites for hydroxylation is 1. The number of phenolic OH excluding ortho intramolecular Hbond substituents is 1. The van der Waals surface area contributed by atoms with Gasteiger partial charge in [-0.3, -0.25) is 4.98 Å². The number of benzene rings is 2. The van der Waals surface area contributed by atoms with E-state index in [1.165, 1.54) is 0 Å². The van der Waals surface area contributed by atoms with E-state index < -0.39 is 0 Å². The lowest BCUT2D eigenvalue weighted by Crippen LogP contribution is -1.95. The van der Waals surface area contributed by atoms with Crippen LogP contribution in [0.5, 0.6) is 5.75 Å². The molecule has 1 aliphatic carbocycles. The number of aromatic hydroxyl groups is 1. The fourth-order valence-electron chi connectivity index (χ4n) is 3.27. The molecule has 0 amide bonds. The number of pyridine rings is 1. The van der Waals surface area contributed by atoms with Crippen LogP contribution in [0.4, 0.5) is 0 Å². The predicted molar refractivity (Wildman–Crippen MR) is 98.2 cm³/mol. The number of hydrogen-bond donors (Lipinski definition) is 1. The topological polar surface area (TPSA) is 33.1 Å². The van der Waals surface area contributed by atoms with Gasteiger partial charge in [-0.1, -0.05) is 41.9 Å². The zero-order chi connectivity index (χ0) is 16.5. The summed E-state index contributed by atoms with van der Waals surface area (Å²) in [5.74, 6) is 0.260. The molecule has 3 heteroatoms. The molecule has 0 fully saturated rings. The second-order valence-corrected chi connectivity index (χ2v) is 6.32. The Hall–Kier alpha value is -2.58. The maximum Gasteiger partial charge on any atom is 0.116 e. The van der Waals surface area contributed by atoms with E-state index >= 15 is 0 Å². The lowest BCUT2D eigenvalue weighted by atomic mass is 9.93. The van der Waals surface area contributed by atoms with Crippen LogP contribution in [0, 0.1) is 0 Å². The average Bonchev–Trinajstić information content (AvgIpc) is 2.74. The van der Waals surface area contributed by atoms with Gasteiger partial charge in [-0.25, -0.2) is 0 Å². The fraction of sp³-hybridized carbons (Fsp3) is 0.0952. The third-order valence-electron chi connectivity index (χ3n) is 4.38. The molecule has 0 atom stereocenters. The molecule has 0 aliphatic heterocycles. The predicted octanol–water partition coefficient (Wildman–Crippen LogP) is 5.13. The lowest BCUT2D eigenvalue weighted by molar-refractivity contribution is 0.475. The molecule has 1 aromatic heterocycles. The summed E-state index contributed by atoms with van der Waals surface area (Å²) >= 11 is 6.46. The van der Waals surface area contributed by atoms with E-state index in [1.54, 1.807) is 12.1 Å². The molecular formula is C21H16ClNO. The first-order valence-electron chi connectivity index (χ1n) is 7.95. The Kier molecular flexibility index (Phi) is 3.83. The van der Waals surface area contributed by atoms with Gasteiger partial charge in [0.05, 0.1) is 0 Å². The van der Waals surface area contributed by atoms with Gasteiger partial charge in [-0.2, -0.15) is 0 Å². The van der Waals surface area contributed by atoms with Gasteiger partial charge in [-0.15, -0.1) is 0 Å². The van der Waals surface area contributed by atoms with Gasteiger partial charge in [0, 0.05) is 22.5 Å². The first kappa shape index (κ1) is 15.0. The van der Waals surface area contributed by atoms with Gasteiger partial charge in [-0.05, 0) is 65.4 Å². The standard InChI is InChI=1S/C21H16ClNO/c22-20-8-2-6-16-17(20)9-10-21-18(7-3-11-23-21)19(16)13-14-4-1-5-15(24)12-14/h1-8,11-13,24H,9-10H2. The number of fused-ring (bicyclic) bond motifs is 2. The monoisotopic (exact) mass is 333 g/mol. The molecule has 4 rings (SSSR count).